The van der Waals surface area contributed by atoms with Crippen molar-refractivity contribution in [1.82, 2.24) is 14.8 Å². The summed E-state index contributed by atoms with van der Waals surface area (Å²) in [6, 6.07) is 4.53. The zero-order valence-corrected chi connectivity index (χ0v) is 15.9. The molecule has 2 rings (SSSR count). The molecule has 0 saturated heterocycles. The first kappa shape index (κ1) is 19.9. The van der Waals surface area contributed by atoms with Crippen LogP contribution in [0.4, 0.5) is 10.1 Å². The van der Waals surface area contributed by atoms with Gasteiger partial charge in [0.25, 0.3) is 0 Å². The molecule has 2 aromatic rings. The average Bonchev–Trinajstić information content (AvgIpc) is 2.91. The quantitative estimate of drug-likeness (QED) is 0.587. The lowest BCUT2D eigenvalue weighted by atomic mass is 10.2. The van der Waals surface area contributed by atoms with E-state index in [1.54, 1.807) is 44.5 Å². The molecule has 9 heteroatoms. The van der Waals surface area contributed by atoms with E-state index < -0.39 is 5.25 Å². The summed E-state index contributed by atoms with van der Waals surface area (Å²) in [4.78, 5) is 23.9. The maximum Gasteiger partial charge on any atom is 0.313 e. The SMILES string of the molecule is CCOC(=O)Cc1nnc(SC(C)C(=O)Nc2ccc(C)c(F)c2)n1C. The molecule has 1 aromatic carbocycles. The maximum atomic E-state index is 13.6. The fraction of sp³-hybridized carbons (Fsp3) is 0.412. The van der Waals surface area contributed by atoms with Gasteiger partial charge >= 0.3 is 5.97 Å². The van der Waals surface area contributed by atoms with Crippen molar-refractivity contribution in [2.75, 3.05) is 11.9 Å². The minimum absolute atomic E-state index is 0.0150. The van der Waals surface area contributed by atoms with Crippen LogP contribution in [0.3, 0.4) is 0 Å². The standard InChI is InChI=1S/C17H21FN4O3S/c1-5-25-15(23)9-14-20-21-17(22(14)4)26-11(3)16(24)19-12-7-6-10(2)13(18)8-12/h6-8,11H,5,9H2,1-4H3,(H,19,24). The van der Waals surface area contributed by atoms with Crippen molar-refractivity contribution in [3.63, 3.8) is 0 Å². The number of carbonyl (C=O) groups is 2. The number of aryl methyl sites for hydroxylation is 1. The van der Waals surface area contributed by atoms with Crippen LogP contribution in [0, 0.1) is 12.7 Å². The zero-order valence-electron chi connectivity index (χ0n) is 15.1. The molecule has 0 aliphatic heterocycles. The third kappa shape index (κ3) is 5.04. The number of ether oxygens (including phenoxy) is 1. The zero-order chi connectivity index (χ0) is 19.3. The van der Waals surface area contributed by atoms with Gasteiger partial charge in [-0.2, -0.15) is 0 Å². The highest BCUT2D eigenvalue weighted by molar-refractivity contribution is 8.00. The summed E-state index contributed by atoms with van der Waals surface area (Å²) in [5.41, 5.74) is 0.908. The highest BCUT2D eigenvalue weighted by atomic mass is 32.2. The number of nitrogens with zero attached hydrogens (tertiary/aromatic N) is 3. The largest absolute Gasteiger partial charge is 0.466 e. The van der Waals surface area contributed by atoms with Gasteiger partial charge in [-0.1, -0.05) is 17.8 Å². The normalized spacial score (nSPS) is 11.9. The monoisotopic (exact) mass is 380 g/mol. The fourth-order valence-electron chi connectivity index (χ4n) is 2.07. The summed E-state index contributed by atoms with van der Waals surface area (Å²) in [6.07, 6.45) is 0.0150. The second-order valence-electron chi connectivity index (χ2n) is 5.65. The molecule has 0 fully saturated rings. The number of amides is 1. The van der Waals surface area contributed by atoms with E-state index in [1.807, 2.05) is 0 Å². The summed E-state index contributed by atoms with van der Waals surface area (Å²) in [6.45, 7) is 5.40. The van der Waals surface area contributed by atoms with Gasteiger partial charge in [0.2, 0.25) is 5.91 Å². The lowest BCUT2D eigenvalue weighted by Crippen LogP contribution is -2.23. The first-order chi connectivity index (χ1) is 12.3. The first-order valence-corrected chi connectivity index (χ1v) is 8.97. The molecule has 0 radical (unpaired) electrons. The number of rotatable bonds is 7. The Balaban J connectivity index is 1.99. The van der Waals surface area contributed by atoms with Gasteiger partial charge < -0.3 is 14.6 Å². The number of benzene rings is 1. The number of anilines is 1. The molecular formula is C17H21FN4O3S. The molecule has 1 heterocycles. The van der Waals surface area contributed by atoms with Crippen molar-refractivity contribution in [2.24, 2.45) is 7.05 Å². The van der Waals surface area contributed by atoms with E-state index in [0.29, 0.717) is 28.8 Å². The van der Waals surface area contributed by atoms with E-state index in [2.05, 4.69) is 15.5 Å². The molecule has 0 aliphatic rings. The number of nitrogens with one attached hydrogen (secondary N) is 1. The van der Waals surface area contributed by atoms with Crippen molar-refractivity contribution in [2.45, 2.75) is 37.6 Å². The smallest absolute Gasteiger partial charge is 0.313 e. The van der Waals surface area contributed by atoms with Crippen LogP contribution in [0.25, 0.3) is 0 Å². The third-order valence-corrected chi connectivity index (χ3v) is 4.76. The van der Waals surface area contributed by atoms with E-state index >= 15 is 0 Å². The number of halogens is 1. The Morgan fingerprint density at radius 2 is 2.12 bits per heavy atom. The van der Waals surface area contributed by atoms with Gasteiger partial charge in [-0.05, 0) is 38.5 Å². The summed E-state index contributed by atoms with van der Waals surface area (Å²) >= 11 is 1.20. The van der Waals surface area contributed by atoms with Crippen molar-refractivity contribution in [1.29, 1.82) is 0 Å². The van der Waals surface area contributed by atoms with E-state index in [0.717, 1.165) is 0 Å². The fourth-order valence-corrected chi connectivity index (χ4v) is 2.90. The van der Waals surface area contributed by atoms with Gasteiger partial charge in [0.1, 0.15) is 18.1 Å². The van der Waals surface area contributed by atoms with Crippen LogP contribution in [0.2, 0.25) is 0 Å². The van der Waals surface area contributed by atoms with Crippen LogP contribution in [0.5, 0.6) is 0 Å². The molecule has 1 N–H and O–H groups in total. The highest BCUT2D eigenvalue weighted by Gasteiger charge is 2.20. The predicted octanol–water partition coefficient (Wildman–Crippen LogP) is 2.49. The number of aromatic nitrogens is 3. The third-order valence-electron chi connectivity index (χ3n) is 3.62. The first-order valence-electron chi connectivity index (χ1n) is 8.09. The second-order valence-corrected chi connectivity index (χ2v) is 6.96. The Kier molecular flexibility index (Phi) is 6.73. The molecule has 0 saturated carbocycles. The Morgan fingerprint density at radius 3 is 2.77 bits per heavy atom. The lowest BCUT2D eigenvalue weighted by Gasteiger charge is -2.12. The van der Waals surface area contributed by atoms with Crippen molar-refractivity contribution in [3.8, 4) is 0 Å². The van der Waals surface area contributed by atoms with Gasteiger partial charge in [-0.15, -0.1) is 10.2 Å². The molecule has 1 unspecified atom stereocenters. The second kappa shape index (κ2) is 8.79. The Labute approximate surface area is 155 Å². The van der Waals surface area contributed by atoms with Crippen molar-refractivity contribution >= 4 is 29.3 Å². The molecular weight excluding hydrogens is 359 g/mol. The topological polar surface area (TPSA) is 86.1 Å². The summed E-state index contributed by atoms with van der Waals surface area (Å²) in [5, 5.41) is 10.7. The molecule has 140 valence electrons. The van der Waals surface area contributed by atoms with Crippen LogP contribution < -0.4 is 5.32 Å². The molecule has 1 amide bonds. The molecule has 1 aromatic heterocycles. The Morgan fingerprint density at radius 1 is 1.38 bits per heavy atom. The number of esters is 1. The van der Waals surface area contributed by atoms with Crippen LogP contribution in [-0.4, -0.2) is 38.5 Å². The summed E-state index contributed by atoms with van der Waals surface area (Å²) in [5.74, 6) is -0.584. The lowest BCUT2D eigenvalue weighted by molar-refractivity contribution is -0.142. The van der Waals surface area contributed by atoms with E-state index in [4.69, 9.17) is 4.74 Å². The molecule has 0 spiro atoms. The Bertz CT molecular complexity index is 809. The van der Waals surface area contributed by atoms with Crippen molar-refractivity contribution in [3.05, 3.63) is 35.4 Å². The molecule has 0 aliphatic carbocycles. The maximum absolute atomic E-state index is 13.6. The number of hydrogen-bond acceptors (Lipinski definition) is 6. The van der Waals surface area contributed by atoms with Crippen LogP contribution in [-0.2, 0) is 27.8 Å². The minimum atomic E-state index is -0.488. The summed E-state index contributed by atoms with van der Waals surface area (Å²) in [7, 11) is 1.72. The number of carbonyl (C=O) groups excluding carboxylic acids is 2. The van der Waals surface area contributed by atoms with Crippen LogP contribution >= 0.6 is 11.8 Å². The van der Waals surface area contributed by atoms with Gasteiger partial charge in [-0.25, -0.2) is 4.39 Å². The van der Waals surface area contributed by atoms with Gasteiger partial charge in [0, 0.05) is 12.7 Å². The van der Waals surface area contributed by atoms with Gasteiger partial charge in [0.05, 0.1) is 11.9 Å². The highest BCUT2D eigenvalue weighted by Crippen LogP contribution is 2.23. The molecule has 26 heavy (non-hydrogen) atoms. The number of hydrogen-bond donors (Lipinski definition) is 1. The Hall–Kier alpha value is -2.42. The predicted molar refractivity (Wildman–Crippen MR) is 96.4 cm³/mol. The summed E-state index contributed by atoms with van der Waals surface area (Å²) < 4.78 is 20.1. The molecule has 1 atom stereocenters. The van der Waals surface area contributed by atoms with Gasteiger partial charge in [0.15, 0.2) is 5.16 Å². The average molecular weight is 380 g/mol. The van der Waals surface area contributed by atoms with E-state index in [9.17, 15) is 14.0 Å². The molecule has 0 bridgehead atoms. The number of thioether (sulfide) groups is 1. The van der Waals surface area contributed by atoms with E-state index in [1.165, 1.54) is 17.8 Å². The van der Waals surface area contributed by atoms with E-state index in [-0.39, 0.29) is 24.1 Å². The van der Waals surface area contributed by atoms with Gasteiger partial charge in [-0.3, -0.25) is 9.59 Å². The molecule has 7 nitrogen and oxygen atoms in total. The minimum Gasteiger partial charge on any atom is -0.466 e. The van der Waals surface area contributed by atoms with Crippen LogP contribution in [0.15, 0.2) is 23.4 Å². The van der Waals surface area contributed by atoms with Crippen LogP contribution in [0.1, 0.15) is 25.2 Å². The van der Waals surface area contributed by atoms with Crippen molar-refractivity contribution < 1.29 is 18.7 Å².